The normalized spacial score (nSPS) is 11.6. The SMILES string of the molecule is CC(C)(C)c1ccc(CCOc2ncnc3ccc(F)cc23)cc1.CC(C)(C)c1ccc(CCOc2ncnc3ccc([N+](=O)[O-])cc23)cc1. The first kappa shape index (κ1) is 35.8. The van der Waals surface area contributed by atoms with E-state index in [-0.39, 0.29) is 22.3 Å². The third-order valence-electron chi connectivity index (χ3n) is 8.25. The number of ether oxygens (including phenoxy) is 2. The molecular weight excluding hydrogens is 633 g/mol. The van der Waals surface area contributed by atoms with E-state index in [0.717, 1.165) is 12.8 Å². The number of benzene rings is 4. The number of hydrogen-bond donors (Lipinski definition) is 0. The highest BCUT2D eigenvalue weighted by molar-refractivity contribution is 5.85. The van der Waals surface area contributed by atoms with Crippen molar-refractivity contribution in [2.45, 2.75) is 65.2 Å². The molecule has 0 N–H and O–H groups in total. The van der Waals surface area contributed by atoms with E-state index in [0.29, 0.717) is 46.8 Å². The lowest BCUT2D eigenvalue weighted by Crippen LogP contribution is -2.11. The van der Waals surface area contributed by atoms with Crippen LogP contribution in [0.3, 0.4) is 0 Å². The molecule has 0 saturated heterocycles. The number of rotatable bonds is 9. The van der Waals surface area contributed by atoms with Crippen LogP contribution in [0.25, 0.3) is 21.8 Å². The molecule has 4 aromatic carbocycles. The van der Waals surface area contributed by atoms with Gasteiger partial charge in [0.15, 0.2) is 0 Å². The predicted molar refractivity (Wildman–Crippen MR) is 194 cm³/mol. The molecule has 2 heterocycles. The van der Waals surface area contributed by atoms with Gasteiger partial charge in [0.2, 0.25) is 11.8 Å². The van der Waals surface area contributed by atoms with Crippen LogP contribution in [0.4, 0.5) is 10.1 Å². The van der Waals surface area contributed by atoms with Crippen molar-refractivity contribution in [2.24, 2.45) is 0 Å². The molecule has 0 bridgehead atoms. The van der Waals surface area contributed by atoms with Gasteiger partial charge in [0.05, 0.1) is 39.9 Å². The van der Waals surface area contributed by atoms with E-state index in [4.69, 9.17) is 9.47 Å². The van der Waals surface area contributed by atoms with E-state index in [9.17, 15) is 14.5 Å². The summed E-state index contributed by atoms with van der Waals surface area (Å²) in [5, 5.41) is 12.1. The number of non-ortho nitro benzene ring substituents is 1. The molecule has 6 aromatic rings. The van der Waals surface area contributed by atoms with Crippen LogP contribution in [0.5, 0.6) is 11.8 Å². The second kappa shape index (κ2) is 15.4. The van der Waals surface area contributed by atoms with Crippen molar-refractivity contribution >= 4 is 27.5 Å². The molecule has 0 saturated carbocycles. The molecule has 6 rings (SSSR count). The van der Waals surface area contributed by atoms with Crippen LogP contribution < -0.4 is 9.47 Å². The maximum atomic E-state index is 13.4. The molecule has 0 fully saturated rings. The van der Waals surface area contributed by atoms with Crippen molar-refractivity contribution in [2.75, 3.05) is 13.2 Å². The van der Waals surface area contributed by atoms with Crippen molar-refractivity contribution in [3.8, 4) is 11.8 Å². The van der Waals surface area contributed by atoms with E-state index in [2.05, 4.69) is 110 Å². The van der Waals surface area contributed by atoms with Gasteiger partial charge in [-0.25, -0.2) is 24.3 Å². The molecule has 0 amide bonds. The third kappa shape index (κ3) is 9.34. The Balaban J connectivity index is 0.000000195. The molecule has 0 radical (unpaired) electrons. The fourth-order valence-corrected chi connectivity index (χ4v) is 5.24. The minimum atomic E-state index is -0.438. The molecule has 258 valence electrons. The lowest BCUT2D eigenvalue weighted by atomic mass is 9.86. The Kier molecular flexibility index (Phi) is 11.0. The Morgan fingerprint density at radius 2 is 1.06 bits per heavy atom. The molecule has 9 nitrogen and oxygen atoms in total. The maximum Gasteiger partial charge on any atom is 0.270 e. The monoisotopic (exact) mass is 675 g/mol. The molecule has 0 aliphatic rings. The summed E-state index contributed by atoms with van der Waals surface area (Å²) in [5.74, 6) is 0.468. The summed E-state index contributed by atoms with van der Waals surface area (Å²) in [4.78, 5) is 27.0. The van der Waals surface area contributed by atoms with Gasteiger partial charge in [-0.1, -0.05) is 90.1 Å². The first-order chi connectivity index (χ1) is 23.8. The zero-order valence-electron chi connectivity index (χ0n) is 29.3. The molecule has 0 aliphatic heterocycles. The molecule has 50 heavy (non-hydrogen) atoms. The summed E-state index contributed by atoms with van der Waals surface area (Å²) in [6.45, 7) is 14.1. The number of hydrogen-bond acceptors (Lipinski definition) is 8. The number of nitrogens with zero attached hydrogens (tertiary/aromatic N) is 5. The van der Waals surface area contributed by atoms with E-state index in [1.807, 2.05) is 0 Å². The fourth-order valence-electron chi connectivity index (χ4n) is 5.24. The Morgan fingerprint density at radius 1 is 0.620 bits per heavy atom. The minimum Gasteiger partial charge on any atom is -0.477 e. The molecule has 0 unspecified atom stereocenters. The van der Waals surface area contributed by atoms with Gasteiger partial charge in [0.1, 0.15) is 18.5 Å². The summed E-state index contributed by atoms with van der Waals surface area (Å²) < 4.78 is 25.0. The second-order valence-electron chi connectivity index (χ2n) is 14.1. The molecular formula is C40H42FN5O4. The van der Waals surface area contributed by atoms with Crippen molar-refractivity contribution in [1.29, 1.82) is 0 Å². The van der Waals surface area contributed by atoms with Gasteiger partial charge < -0.3 is 9.47 Å². The van der Waals surface area contributed by atoms with Gasteiger partial charge in [0.25, 0.3) is 5.69 Å². The number of halogens is 1. The van der Waals surface area contributed by atoms with Crippen molar-refractivity contribution in [1.82, 2.24) is 19.9 Å². The topological polar surface area (TPSA) is 113 Å². The van der Waals surface area contributed by atoms with Crippen LogP contribution in [0.15, 0.2) is 97.6 Å². The van der Waals surface area contributed by atoms with Crippen LogP contribution in [-0.4, -0.2) is 38.1 Å². The first-order valence-corrected chi connectivity index (χ1v) is 16.5. The molecule has 2 aromatic heterocycles. The van der Waals surface area contributed by atoms with E-state index < -0.39 is 4.92 Å². The Labute approximate surface area is 291 Å². The molecule has 0 atom stereocenters. The van der Waals surface area contributed by atoms with Gasteiger partial charge in [-0.3, -0.25) is 10.1 Å². The summed E-state index contributed by atoms with van der Waals surface area (Å²) in [6.07, 6.45) is 4.34. The maximum absolute atomic E-state index is 13.4. The zero-order valence-corrected chi connectivity index (χ0v) is 29.3. The van der Waals surface area contributed by atoms with Gasteiger partial charge in [0, 0.05) is 25.0 Å². The highest BCUT2D eigenvalue weighted by Gasteiger charge is 2.15. The number of nitro groups is 1. The number of aromatic nitrogens is 4. The van der Waals surface area contributed by atoms with Gasteiger partial charge in [-0.2, -0.15) is 0 Å². The third-order valence-corrected chi connectivity index (χ3v) is 8.25. The van der Waals surface area contributed by atoms with E-state index in [1.54, 1.807) is 12.1 Å². The zero-order chi connectivity index (χ0) is 35.9. The quantitative estimate of drug-likeness (QED) is 0.110. The van der Waals surface area contributed by atoms with Crippen LogP contribution in [-0.2, 0) is 23.7 Å². The van der Waals surface area contributed by atoms with E-state index in [1.165, 1.54) is 59.2 Å². The Hall–Kier alpha value is -5.51. The summed E-state index contributed by atoms with van der Waals surface area (Å²) in [6, 6.07) is 25.9. The van der Waals surface area contributed by atoms with Crippen LogP contribution in [0.2, 0.25) is 0 Å². The largest absolute Gasteiger partial charge is 0.477 e. The molecule has 0 spiro atoms. The highest BCUT2D eigenvalue weighted by atomic mass is 19.1. The standard InChI is InChI=1S/C20H21FN2O.C20H21N3O3/c1-20(2,3)15-6-4-14(5-7-15)10-11-24-19-17-12-16(21)8-9-18(17)22-13-23-19;1-20(2,3)15-6-4-14(5-7-15)10-11-26-19-17-12-16(23(24)25)8-9-18(17)21-13-22-19/h4-9,12-13H,10-11H2,1-3H3;4-9,12-13H,10-11H2,1-3H3. The predicted octanol–water partition coefficient (Wildman–Crippen LogP) is 9.14. The lowest BCUT2D eigenvalue weighted by molar-refractivity contribution is -0.384. The van der Waals surface area contributed by atoms with Crippen molar-refractivity contribution in [3.05, 3.63) is 136 Å². The van der Waals surface area contributed by atoms with Gasteiger partial charge in [-0.05, 0) is 57.3 Å². The fraction of sp³-hybridized carbons (Fsp3) is 0.300. The van der Waals surface area contributed by atoms with Crippen LogP contribution in [0, 0.1) is 15.9 Å². The lowest BCUT2D eigenvalue weighted by Gasteiger charge is -2.19. The average molecular weight is 676 g/mol. The summed E-state index contributed by atoms with van der Waals surface area (Å²) in [5.41, 5.74) is 6.54. The summed E-state index contributed by atoms with van der Waals surface area (Å²) in [7, 11) is 0. The van der Waals surface area contributed by atoms with Crippen molar-refractivity contribution in [3.63, 3.8) is 0 Å². The second-order valence-corrected chi connectivity index (χ2v) is 14.1. The Morgan fingerprint density at radius 3 is 1.50 bits per heavy atom. The van der Waals surface area contributed by atoms with E-state index >= 15 is 0 Å². The molecule has 10 heteroatoms. The first-order valence-electron chi connectivity index (χ1n) is 16.5. The molecule has 0 aliphatic carbocycles. The number of fused-ring (bicyclic) bond motifs is 2. The van der Waals surface area contributed by atoms with Crippen LogP contribution >= 0.6 is 0 Å². The van der Waals surface area contributed by atoms with Crippen molar-refractivity contribution < 1.29 is 18.8 Å². The summed E-state index contributed by atoms with van der Waals surface area (Å²) >= 11 is 0. The van der Waals surface area contributed by atoms with Gasteiger partial charge in [-0.15, -0.1) is 0 Å². The Bertz CT molecular complexity index is 2070. The van der Waals surface area contributed by atoms with Crippen LogP contribution in [0.1, 0.15) is 63.8 Å². The average Bonchev–Trinajstić information content (AvgIpc) is 3.08. The van der Waals surface area contributed by atoms with Gasteiger partial charge >= 0.3 is 0 Å². The minimum absolute atomic E-state index is 0.00470. The number of nitro benzene ring substituents is 1. The highest BCUT2D eigenvalue weighted by Crippen LogP contribution is 2.27. The smallest absolute Gasteiger partial charge is 0.270 e.